The zero-order valence-corrected chi connectivity index (χ0v) is 12.3. The van der Waals surface area contributed by atoms with Gasteiger partial charge in [-0.25, -0.2) is 4.79 Å². The summed E-state index contributed by atoms with van der Waals surface area (Å²) in [6.45, 7) is 4.02. The van der Waals surface area contributed by atoms with Gasteiger partial charge in [-0.3, -0.25) is 0 Å². The summed E-state index contributed by atoms with van der Waals surface area (Å²) in [5.74, 6) is 0. The van der Waals surface area contributed by atoms with Crippen LogP contribution in [0.1, 0.15) is 5.56 Å². The van der Waals surface area contributed by atoms with Crippen molar-refractivity contribution in [2.24, 2.45) is 0 Å². The van der Waals surface area contributed by atoms with E-state index >= 15 is 0 Å². The number of benzene rings is 1. The molecule has 6 heteroatoms. The molecular weight excluding hydrogens is 276 g/mol. The highest BCUT2D eigenvalue weighted by Crippen LogP contribution is 2.28. The van der Waals surface area contributed by atoms with Crippen molar-refractivity contribution in [1.29, 1.82) is 0 Å². The molecule has 0 radical (unpaired) electrons. The molecule has 0 aromatic heterocycles. The van der Waals surface area contributed by atoms with Gasteiger partial charge in [0.2, 0.25) is 0 Å². The van der Waals surface area contributed by atoms with Crippen LogP contribution in [0.5, 0.6) is 0 Å². The van der Waals surface area contributed by atoms with Crippen LogP contribution in [0.15, 0.2) is 18.2 Å². The predicted molar refractivity (Wildman–Crippen MR) is 80.3 cm³/mol. The van der Waals surface area contributed by atoms with Crippen molar-refractivity contribution in [3.63, 3.8) is 0 Å². The van der Waals surface area contributed by atoms with Crippen LogP contribution in [0, 0.1) is 0 Å². The number of nitrogens with one attached hydrogen (secondary N) is 2. The lowest BCUT2D eigenvalue weighted by Crippen LogP contribution is -2.52. The fourth-order valence-electron chi connectivity index (χ4n) is 2.99. The smallest absolute Gasteiger partial charge is 0.317 e. The average Bonchev–Trinajstić information content (AvgIpc) is 2.82. The van der Waals surface area contributed by atoms with Crippen molar-refractivity contribution >= 4 is 23.3 Å². The topological polar surface area (TPSA) is 47.6 Å². The van der Waals surface area contributed by atoms with Gasteiger partial charge in [-0.2, -0.15) is 0 Å². The van der Waals surface area contributed by atoms with Crippen LogP contribution in [-0.4, -0.2) is 50.2 Å². The van der Waals surface area contributed by atoms with Crippen molar-refractivity contribution in [2.75, 3.05) is 38.1 Å². The number of piperazine rings is 1. The molecule has 108 valence electrons. The first-order chi connectivity index (χ1) is 9.69. The molecule has 2 fully saturated rings. The molecule has 2 aliphatic rings. The Kier molecular flexibility index (Phi) is 3.72. The third kappa shape index (κ3) is 2.43. The molecule has 20 heavy (non-hydrogen) atoms. The summed E-state index contributed by atoms with van der Waals surface area (Å²) in [6, 6.07) is 6.34. The van der Waals surface area contributed by atoms with E-state index in [1.807, 2.05) is 24.1 Å². The molecule has 2 amide bonds. The Labute approximate surface area is 123 Å². The van der Waals surface area contributed by atoms with Gasteiger partial charge in [-0.15, -0.1) is 0 Å². The Morgan fingerprint density at radius 2 is 2.30 bits per heavy atom. The summed E-state index contributed by atoms with van der Waals surface area (Å²) in [5, 5.41) is 6.85. The van der Waals surface area contributed by atoms with Crippen LogP contribution in [0.2, 0.25) is 5.02 Å². The summed E-state index contributed by atoms with van der Waals surface area (Å²) >= 11 is 6.15. The van der Waals surface area contributed by atoms with E-state index in [9.17, 15) is 4.79 Å². The van der Waals surface area contributed by atoms with Crippen LogP contribution < -0.4 is 15.5 Å². The van der Waals surface area contributed by atoms with E-state index in [2.05, 4.69) is 21.6 Å². The van der Waals surface area contributed by atoms with E-state index in [4.69, 9.17) is 11.6 Å². The number of hydrogen-bond acceptors (Lipinski definition) is 3. The number of carbonyl (C=O) groups is 1. The first-order valence-electron chi connectivity index (χ1n) is 6.91. The number of carbonyl (C=O) groups excluding carboxylic acids is 1. The van der Waals surface area contributed by atoms with Crippen LogP contribution in [0.25, 0.3) is 0 Å². The van der Waals surface area contributed by atoms with Crippen LogP contribution in [0.3, 0.4) is 0 Å². The Hall–Kier alpha value is -1.46. The van der Waals surface area contributed by atoms with Gasteiger partial charge in [-0.05, 0) is 24.7 Å². The molecule has 1 aromatic carbocycles. The highest BCUT2D eigenvalue weighted by Gasteiger charge is 2.35. The van der Waals surface area contributed by atoms with Gasteiger partial charge in [0.25, 0.3) is 0 Å². The van der Waals surface area contributed by atoms with Crippen molar-refractivity contribution in [3.8, 4) is 0 Å². The molecule has 5 nitrogen and oxygen atoms in total. The minimum Gasteiger partial charge on any atom is -0.367 e. The number of amides is 2. The molecule has 3 rings (SSSR count). The van der Waals surface area contributed by atoms with Crippen molar-refractivity contribution in [3.05, 3.63) is 28.8 Å². The van der Waals surface area contributed by atoms with Gasteiger partial charge in [-0.1, -0.05) is 17.7 Å². The van der Waals surface area contributed by atoms with E-state index < -0.39 is 0 Å². The van der Waals surface area contributed by atoms with Gasteiger partial charge in [0.15, 0.2) is 0 Å². The van der Waals surface area contributed by atoms with Crippen LogP contribution in [-0.2, 0) is 6.54 Å². The largest absolute Gasteiger partial charge is 0.367 e. The number of urea groups is 1. The van der Waals surface area contributed by atoms with Crippen molar-refractivity contribution in [2.45, 2.75) is 12.6 Å². The number of nitrogens with zero attached hydrogens (tertiary/aromatic N) is 2. The normalized spacial score (nSPS) is 21.9. The Balaban J connectivity index is 1.83. The van der Waals surface area contributed by atoms with Gasteiger partial charge in [0, 0.05) is 43.4 Å². The summed E-state index contributed by atoms with van der Waals surface area (Å²) in [5.41, 5.74) is 2.41. The zero-order valence-electron chi connectivity index (χ0n) is 11.5. The quantitative estimate of drug-likeness (QED) is 0.883. The fourth-order valence-corrected chi connectivity index (χ4v) is 3.16. The van der Waals surface area contributed by atoms with E-state index in [1.165, 1.54) is 11.3 Å². The van der Waals surface area contributed by atoms with Crippen LogP contribution in [0.4, 0.5) is 10.5 Å². The number of fused-ring (bicyclic) bond motifs is 1. The second-order valence-electron chi connectivity index (χ2n) is 5.28. The number of rotatable bonds is 3. The molecule has 2 N–H and O–H groups in total. The first-order valence-corrected chi connectivity index (χ1v) is 7.29. The highest BCUT2D eigenvalue weighted by molar-refractivity contribution is 6.30. The van der Waals surface area contributed by atoms with Gasteiger partial charge < -0.3 is 20.4 Å². The van der Waals surface area contributed by atoms with Crippen LogP contribution >= 0.6 is 11.6 Å². The first kappa shape index (κ1) is 13.5. The molecule has 0 spiro atoms. The molecule has 2 aliphatic heterocycles. The predicted octanol–water partition coefficient (Wildman–Crippen LogP) is 1.27. The molecule has 2 saturated heterocycles. The third-order valence-electron chi connectivity index (χ3n) is 3.99. The monoisotopic (exact) mass is 294 g/mol. The summed E-state index contributed by atoms with van der Waals surface area (Å²) in [7, 11) is 1.94. The Morgan fingerprint density at radius 1 is 1.45 bits per heavy atom. The SMILES string of the molecule is CNCc1ccc(Cl)cc1N1CCN2C(=O)NCC2C1. The van der Waals surface area contributed by atoms with E-state index in [-0.39, 0.29) is 12.1 Å². The van der Waals surface area contributed by atoms with E-state index in [0.29, 0.717) is 0 Å². The molecule has 1 unspecified atom stereocenters. The Morgan fingerprint density at radius 3 is 3.10 bits per heavy atom. The number of halogens is 1. The summed E-state index contributed by atoms with van der Waals surface area (Å²) in [6.07, 6.45) is 0. The second kappa shape index (κ2) is 5.50. The molecule has 0 bridgehead atoms. The van der Waals surface area contributed by atoms with Crippen molar-refractivity contribution in [1.82, 2.24) is 15.5 Å². The van der Waals surface area contributed by atoms with E-state index in [0.717, 1.165) is 37.7 Å². The molecular formula is C14H19ClN4O. The average molecular weight is 295 g/mol. The van der Waals surface area contributed by atoms with Crippen molar-refractivity contribution < 1.29 is 4.79 Å². The molecule has 1 aromatic rings. The highest BCUT2D eigenvalue weighted by atomic mass is 35.5. The second-order valence-corrected chi connectivity index (χ2v) is 5.72. The summed E-state index contributed by atoms with van der Waals surface area (Å²) < 4.78 is 0. The molecule has 1 atom stereocenters. The maximum Gasteiger partial charge on any atom is 0.317 e. The van der Waals surface area contributed by atoms with Gasteiger partial charge in [0.05, 0.1) is 6.04 Å². The number of anilines is 1. The lowest BCUT2D eigenvalue weighted by molar-refractivity contribution is 0.197. The molecule has 0 aliphatic carbocycles. The minimum atomic E-state index is 0.0659. The van der Waals surface area contributed by atoms with Gasteiger partial charge in [0.1, 0.15) is 0 Å². The minimum absolute atomic E-state index is 0.0659. The summed E-state index contributed by atoms with van der Waals surface area (Å²) in [4.78, 5) is 15.9. The third-order valence-corrected chi connectivity index (χ3v) is 4.22. The lowest BCUT2D eigenvalue weighted by atomic mass is 10.1. The fraction of sp³-hybridized carbons (Fsp3) is 0.500. The zero-order chi connectivity index (χ0) is 14.1. The maximum absolute atomic E-state index is 11.6. The lowest BCUT2D eigenvalue weighted by Gasteiger charge is -2.38. The molecule has 0 saturated carbocycles. The number of hydrogen-bond donors (Lipinski definition) is 2. The Bertz CT molecular complexity index is 522. The van der Waals surface area contributed by atoms with E-state index in [1.54, 1.807) is 0 Å². The van der Waals surface area contributed by atoms with Gasteiger partial charge >= 0.3 is 6.03 Å². The maximum atomic E-state index is 11.6. The molecule has 2 heterocycles. The standard InChI is InChI=1S/C14H19ClN4O/c1-16-7-10-2-3-11(15)6-13(10)18-4-5-19-12(9-18)8-17-14(19)20/h2-3,6,12,16H,4-5,7-9H2,1H3,(H,17,20).